The molecule has 0 amide bonds. The van der Waals surface area contributed by atoms with Gasteiger partial charge in [0, 0.05) is 6.61 Å². The van der Waals surface area contributed by atoms with E-state index in [1.54, 1.807) is 0 Å². The van der Waals surface area contributed by atoms with E-state index in [4.69, 9.17) is 5.11 Å². The van der Waals surface area contributed by atoms with Crippen molar-refractivity contribution < 1.29 is 9.90 Å². The molecule has 1 aliphatic carbocycles. The maximum Gasteiger partial charge on any atom is 0.130 e. The lowest BCUT2D eigenvalue weighted by Crippen LogP contribution is -2.13. The Morgan fingerprint density at radius 2 is 2.15 bits per heavy atom. The minimum atomic E-state index is -0.379. The summed E-state index contributed by atoms with van der Waals surface area (Å²) in [6.07, 6.45) is 1.76. The van der Waals surface area contributed by atoms with E-state index in [0.717, 1.165) is 18.3 Å². The lowest BCUT2D eigenvalue weighted by Gasteiger charge is -2.08. The summed E-state index contributed by atoms with van der Waals surface area (Å²) in [5, 5.41) is 8.98. The van der Waals surface area contributed by atoms with Crippen LogP contribution < -0.4 is 0 Å². The number of benzene rings is 1. The van der Waals surface area contributed by atoms with E-state index in [2.05, 4.69) is 0 Å². The highest BCUT2D eigenvalue weighted by molar-refractivity contribution is 5.74. The van der Waals surface area contributed by atoms with Gasteiger partial charge in [0.15, 0.2) is 0 Å². The van der Waals surface area contributed by atoms with Crippen molar-refractivity contribution in [2.45, 2.75) is 11.8 Å². The highest BCUT2D eigenvalue weighted by Crippen LogP contribution is 2.52. The molecule has 2 atom stereocenters. The molecule has 2 heteroatoms. The summed E-state index contributed by atoms with van der Waals surface area (Å²) in [6, 6.07) is 9.67. The summed E-state index contributed by atoms with van der Waals surface area (Å²) in [7, 11) is 0. The summed E-state index contributed by atoms with van der Waals surface area (Å²) in [5.74, 6) is 0.132. The molecule has 2 rings (SSSR count). The first-order chi connectivity index (χ1) is 6.33. The van der Waals surface area contributed by atoms with Gasteiger partial charge in [-0.15, -0.1) is 0 Å². The van der Waals surface area contributed by atoms with E-state index < -0.39 is 0 Å². The Hall–Kier alpha value is -1.15. The van der Waals surface area contributed by atoms with Crippen molar-refractivity contribution >= 4 is 6.29 Å². The highest BCUT2D eigenvalue weighted by Gasteiger charge is 2.54. The van der Waals surface area contributed by atoms with Gasteiger partial charge in [0.2, 0.25) is 0 Å². The molecule has 0 bridgehead atoms. The molecule has 0 aromatic heterocycles. The van der Waals surface area contributed by atoms with Crippen molar-refractivity contribution in [2.24, 2.45) is 5.92 Å². The molecule has 2 unspecified atom stereocenters. The van der Waals surface area contributed by atoms with Crippen LogP contribution in [-0.4, -0.2) is 18.0 Å². The SMILES string of the molecule is O=CC1(c2ccccc2)CC1CO. The number of aliphatic hydroxyl groups excluding tert-OH is 1. The molecular formula is C11H12O2. The molecular weight excluding hydrogens is 164 g/mol. The second-order valence-electron chi connectivity index (χ2n) is 3.61. The van der Waals surface area contributed by atoms with E-state index in [1.165, 1.54) is 0 Å². The summed E-state index contributed by atoms with van der Waals surface area (Å²) in [4.78, 5) is 10.9. The van der Waals surface area contributed by atoms with Crippen molar-refractivity contribution in [3.8, 4) is 0 Å². The Bertz CT molecular complexity index is 307. The third kappa shape index (κ3) is 1.18. The summed E-state index contributed by atoms with van der Waals surface area (Å²) >= 11 is 0. The Labute approximate surface area is 77.2 Å². The molecule has 0 saturated heterocycles. The Morgan fingerprint density at radius 1 is 1.46 bits per heavy atom. The normalized spacial score (nSPS) is 31.3. The van der Waals surface area contributed by atoms with Crippen molar-refractivity contribution in [1.29, 1.82) is 0 Å². The standard InChI is InChI=1S/C11H12O2/c12-7-10-6-11(10,8-13)9-4-2-1-3-5-9/h1-5,8,10,12H,6-7H2. The molecule has 1 aromatic carbocycles. The fraction of sp³-hybridized carbons (Fsp3) is 0.364. The predicted octanol–water partition coefficient (Wildman–Crippen LogP) is 1.14. The van der Waals surface area contributed by atoms with Crippen LogP contribution in [0.2, 0.25) is 0 Å². The molecule has 1 aromatic rings. The Morgan fingerprint density at radius 3 is 2.62 bits per heavy atom. The van der Waals surface area contributed by atoms with Crippen LogP contribution in [0.3, 0.4) is 0 Å². The molecule has 1 saturated carbocycles. The zero-order valence-electron chi connectivity index (χ0n) is 7.31. The van der Waals surface area contributed by atoms with Gasteiger partial charge in [-0.05, 0) is 17.9 Å². The topological polar surface area (TPSA) is 37.3 Å². The number of hydrogen-bond donors (Lipinski definition) is 1. The summed E-state index contributed by atoms with van der Waals surface area (Å²) in [6.45, 7) is 0.105. The lowest BCUT2D eigenvalue weighted by atomic mass is 9.95. The van der Waals surface area contributed by atoms with Gasteiger partial charge in [0.25, 0.3) is 0 Å². The van der Waals surface area contributed by atoms with Gasteiger partial charge in [-0.25, -0.2) is 0 Å². The van der Waals surface area contributed by atoms with Crippen LogP contribution >= 0.6 is 0 Å². The molecule has 1 fully saturated rings. The molecule has 2 nitrogen and oxygen atoms in total. The number of carbonyl (C=O) groups excluding carboxylic acids is 1. The molecule has 0 aliphatic heterocycles. The number of aldehydes is 1. The molecule has 1 N–H and O–H groups in total. The Kier molecular flexibility index (Phi) is 1.93. The highest BCUT2D eigenvalue weighted by atomic mass is 16.3. The minimum Gasteiger partial charge on any atom is -0.396 e. The number of carbonyl (C=O) groups is 1. The molecule has 0 heterocycles. The summed E-state index contributed by atoms with van der Waals surface area (Å²) in [5.41, 5.74) is 0.653. The van der Waals surface area contributed by atoms with Crippen molar-refractivity contribution in [2.75, 3.05) is 6.61 Å². The smallest absolute Gasteiger partial charge is 0.130 e. The monoisotopic (exact) mass is 176 g/mol. The van der Waals surface area contributed by atoms with Crippen LogP contribution in [0.4, 0.5) is 0 Å². The lowest BCUT2D eigenvalue weighted by molar-refractivity contribution is -0.110. The third-order valence-corrected chi connectivity index (χ3v) is 2.89. The average Bonchev–Trinajstić information content (AvgIpc) is 2.94. The van der Waals surface area contributed by atoms with Gasteiger partial charge >= 0.3 is 0 Å². The van der Waals surface area contributed by atoms with Crippen LogP contribution in [0.15, 0.2) is 30.3 Å². The van der Waals surface area contributed by atoms with Gasteiger partial charge < -0.3 is 9.90 Å². The second-order valence-corrected chi connectivity index (χ2v) is 3.61. The van der Waals surface area contributed by atoms with Crippen LogP contribution in [0.25, 0.3) is 0 Å². The summed E-state index contributed by atoms with van der Waals surface area (Å²) < 4.78 is 0. The van der Waals surface area contributed by atoms with Gasteiger partial charge in [0.05, 0.1) is 5.41 Å². The fourth-order valence-corrected chi connectivity index (χ4v) is 1.89. The van der Waals surface area contributed by atoms with E-state index >= 15 is 0 Å². The van der Waals surface area contributed by atoms with E-state index in [-0.39, 0.29) is 17.9 Å². The van der Waals surface area contributed by atoms with Gasteiger partial charge in [-0.1, -0.05) is 30.3 Å². The van der Waals surface area contributed by atoms with Crippen LogP contribution in [-0.2, 0) is 10.2 Å². The zero-order valence-corrected chi connectivity index (χ0v) is 7.31. The van der Waals surface area contributed by atoms with Crippen molar-refractivity contribution in [1.82, 2.24) is 0 Å². The Balaban J connectivity index is 2.30. The van der Waals surface area contributed by atoms with Gasteiger partial charge in [-0.3, -0.25) is 0 Å². The molecule has 68 valence electrons. The maximum absolute atomic E-state index is 10.9. The van der Waals surface area contributed by atoms with Crippen LogP contribution in [0, 0.1) is 5.92 Å². The van der Waals surface area contributed by atoms with Crippen molar-refractivity contribution in [3.63, 3.8) is 0 Å². The number of aliphatic hydroxyl groups is 1. The first kappa shape index (κ1) is 8.45. The quantitative estimate of drug-likeness (QED) is 0.701. The number of hydrogen-bond acceptors (Lipinski definition) is 2. The van der Waals surface area contributed by atoms with E-state index in [9.17, 15) is 4.79 Å². The molecule has 13 heavy (non-hydrogen) atoms. The third-order valence-electron chi connectivity index (χ3n) is 2.89. The predicted molar refractivity (Wildman–Crippen MR) is 49.4 cm³/mol. The first-order valence-electron chi connectivity index (χ1n) is 4.46. The van der Waals surface area contributed by atoms with E-state index in [1.807, 2.05) is 30.3 Å². The van der Waals surface area contributed by atoms with Crippen molar-refractivity contribution in [3.05, 3.63) is 35.9 Å². The molecule has 0 spiro atoms. The second kappa shape index (κ2) is 2.96. The largest absolute Gasteiger partial charge is 0.396 e. The maximum atomic E-state index is 10.9. The molecule has 1 aliphatic rings. The minimum absolute atomic E-state index is 0.105. The zero-order chi connectivity index (χ0) is 9.31. The van der Waals surface area contributed by atoms with Gasteiger partial charge in [-0.2, -0.15) is 0 Å². The fourth-order valence-electron chi connectivity index (χ4n) is 1.89. The molecule has 0 radical (unpaired) electrons. The first-order valence-corrected chi connectivity index (χ1v) is 4.46. The van der Waals surface area contributed by atoms with Gasteiger partial charge in [0.1, 0.15) is 6.29 Å². The average molecular weight is 176 g/mol. The van der Waals surface area contributed by atoms with Crippen LogP contribution in [0.5, 0.6) is 0 Å². The number of rotatable bonds is 3. The van der Waals surface area contributed by atoms with Crippen LogP contribution in [0.1, 0.15) is 12.0 Å². The van der Waals surface area contributed by atoms with E-state index in [0.29, 0.717) is 0 Å².